The largest absolute Gasteiger partial charge is 1.00 e. The Hall–Kier alpha value is -1.19. The molecule has 0 radical (unpaired) electrons. The van der Waals surface area contributed by atoms with Gasteiger partial charge in [-0.25, -0.2) is 10.2 Å². The summed E-state index contributed by atoms with van der Waals surface area (Å²) in [6.07, 6.45) is 0. The number of hydrogen-bond donors (Lipinski definition) is 3. The Kier molecular flexibility index (Phi) is 6.56. The van der Waals surface area contributed by atoms with E-state index in [9.17, 15) is 9.59 Å². The summed E-state index contributed by atoms with van der Waals surface area (Å²) < 4.78 is 2.23. The molecule has 21 heavy (non-hydrogen) atoms. The van der Waals surface area contributed by atoms with Gasteiger partial charge in [-0.15, -0.1) is 5.10 Å². The van der Waals surface area contributed by atoms with Crippen LogP contribution in [0, 0.1) is 0 Å². The van der Waals surface area contributed by atoms with Crippen molar-refractivity contribution in [2.45, 2.75) is 11.7 Å². The molecular weight excluding hydrogens is 335 g/mol. The Morgan fingerprint density at radius 1 is 1.29 bits per heavy atom. The fourth-order valence-corrected chi connectivity index (χ4v) is 2.15. The number of carboxylic acids is 2. The van der Waals surface area contributed by atoms with Crippen LogP contribution in [0.3, 0.4) is 0 Å². The van der Waals surface area contributed by atoms with E-state index < -0.39 is 25.0 Å². The van der Waals surface area contributed by atoms with E-state index in [2.05, 4.69) is 26.2 Å². The number of hydrogen-bond acceptors (Lipinski definition) is 11. The maximum Gasteiger partial charge on any atom is 1.00 e. The Labute approximate surface area is 149 Å². The molecule has 1 aromatic heterocycles. The van der Waals surface area contributed by atoms with Crippen LogP contribution in [0.2, 0.25) is 0 Å². The van der Waals surface area contributed by atoms with Gasteiger partial charge in [0.05, 0.1) is 0 Å². The number of aliphatic carboxylic acids is 2. The number of amidine groups is 1. The summed E-state index contributed by atoms with van der Waals surface area (Å²) in [5, 5.41) is 33.0. The molecule has 0 unspecified atom stereocenters. The number of rotatable bonds is 6. The molecule has 0 bridgehead atoms. The Morgan fingerprint density at radius 2 is 1.95 bits per heavy atom. The van der Waals surface area contributed by atoms with Crippen LogP contribution in [-0.2, 0) is 28.8 Å². The molecule has 0 aliphatic carbocycles. The average molecular weight is 342 g/mol. The predicted octanol–water partition coefficient (Wildman–Crippen LogP) is -5.29. The number of aromatic nitrogens is 4. The number of tetrazole rings is 1. The number of nitrogens with zero attached hydrogens (tertiary/aromatic N) is 7. The Morgan fingerprint density at radius 3 is 2.57 bits per heavy atom. The smallest absolute Gasteiger partial charge is 0.739 e. The van der Waals surface area contributed by atoms with Gasteiger partial charge in [0.15, 0.2) is 0 Å². The van der Waals surface area contributed by atoms with Crippen LogP contribution in [0.4, 0.5) is 0 Å². The van der Waals surface area contributed by atoms with Gasteiger partial charge in [0.2, 0.25) is 5.16 Å². The fraction of sp³-hybridized carbons (Fsp3) is 0.333. The van der Waals surface area contributed by atoms with Gasteiger partial charge in [-0.2, -0.15) is 5.10 Å². The molecular formula is C6H7N8NaO4S2. The van der Waals surface area contributed by atoms with Gasteiger partial charge in [0.1, 0.15) is 13.1 Å². The van der Waals surface area contributed by atoms with E-state index in [0.29, 0.717) is 0 Å². The van der Waals surface area contributed by atoms with Crippen molar-refractivity contribution in [1.29, 1.82) is 0 Å². The van der Waals surface area contributed by atoms with Crippen LogP contribution in [0.5, 0.6) is 0 Å². The standard InChI is InChI=1S/C6H8N8O4S2.Na/c15-3(16)1-12-6(8-9-11-12)20-14-10-7-5(19)13(14)2-4(17)18;/h10H,1-2H2,(H,7,19)(H,15,16)(H,17,18);/q;+1/p-1. The number of carbonyl (C=O) groups is 2. The molecule has 0 atom stereocenters. The quantitative estimate of drug-likeness (QED) is 0.257. The van der Waals surface area contributed by atoms with Crippen molar-refractivity contribution in [3.8, 4) is 0 Å². The number of nitrogens with one attached hydrogen (secondary N) is 1. The third-order valence-electron chi connectivity index (χ3n) is 1.91. The Bertz CT molecular complexity index is 567. The van der Waals surface area contributed by atoms with Crippen molar-refractivity contribution in [2.75, 3.05) is 6.54 Å². The van der Waals surface area contributed by atoms with Gasteiger partial charge < -0.3 is 22.8 Å². The molecule has 108 valence electrons. The van der Waals surface area contributed by atoms with E-state index in [4.69, 9.17) is 22.8 Å². The first kappa shape index (κ1) is 17.9. The first-order valence-corrected chi connectivity index (χ1v) is 6.11. The van der Waals surface area contributed by atoms with E-state index in [0.717, 1.165) is 21.6 Å². The molecule has 0 aromatic carbocycles. The average Bonchev–Trinajstić information content (AvgIpc) is 2.90. The van der Waals surface area contributed by atoms with Crippen molar-refractivity contribution < 1.29 is 49.4 Å². The molecule has 3 N–H and O–H groups in total. The summed E-state index contributed by atoms with van der Waals surface area (Å²) in [4.78, 5) is 21.4. The topological polar surface area (TPSA) is 149 Å². The van der Waals surface area contributed by atoms with Crippen LogP contribution in [0.15, 0.2) is 10.3 Å². The second-order valence-corrected chi connectivity index (χ2v) is 4.58. The summed E-state index contributed by atoms with van der Waals surface area (Å²) in [5.74, 6) is -2.22. The van der Waals surface area contributed by atoms with Crippen molar-refractivity contribution in [1.82, 2.24) is 35.3 Å². The minimum Gasteiger partial charge on any atom is -0.739 e. The van der Waals surface area contributed by atoms with Gasteiger partial charge in [0.25, 0.3) is 0 Å². The van der Waals surface area contributed by atoms with E-state index >= 15 is 0 Å². The molecule has 12 nitrogen and oxygen atoms in total. The maximum absolute atomic E-state index is 10.7. The first-order chi connectivity index (χ1) is 9.47. The monoisotopic (exact) mass is 342 g/mol. The van der Waals surface area contributed by atoms with E-state index in [1.54, 1.807) is 0 Å². The van der Waals surface area contributed by atoms with Gasteiger partial charge in [-0.3, -0.25) is 14.6 Å². The molecule has 2 heterocycles. The van der Waals surface area contributed by atoms with Gasteiger partial charge >= 0.3 is 41.5 Å². The van der Waals surface area contributed by atoms with Gasteiger partial charge in [-0.1, -0.05) is 0 Å². The molecule has 0 amide bonds. The van der Waals surface area contributed by atoms with Crippen molar-refractivity contribution in [3.05, 3.63) is 0 Å². The summed E-state index contributed by atoms with van der Waals surface area (Å²) in [6.45, 7) is -0.841. The van der Waals surface area contributed by atoms with Crippen LogP contribution >= 0.6 is 11.9 Å². The Balaban J connectivity index is 0.00000220. The molecule has 1 aliphatic rings. The molecule has 1 aromatic rings. The summed E-state index contributed by atoms with van der Waals surface area (Å²) in [5.41, 5.74) is 2.47. The van der Waals surface area contributed by atoms with E-state index in [1.807, 2.05) is 0 Å². The normalized spacial score (nSPS) is 14.3. The van der Waals surface area contributed by atoms with Crippen LogP contribution in [0.25, 0.3) is 0 Å². The van der Waals surface area contributed by atoms with E-state index in [-0.39, 0.29) is 39.9 Å². The van der Waals surface area contributed by atoms with Crippen molar-refractivity contribution in [2.24, 2.45) is 5.10 Å². The minimum atomic E-state index is -1.11. The molecule has 0 fully saturated rings. The third kappa shape index (κ3) is 4.65. The summed E-state index contributed by atoms with van der Waals surface area (Å²) >= 11 is 5.71. The molecule has 0 spiro atoms. The summed E-state index contributed by atoms with van der Waals surface area (Å²) in [7, 11) is 0. The predicted molar refractivity (Wildman–Crippen MR) is 65.4 cm³/mol. The number of hydrazone groups is 1. The number of carboxylic acid groups (broad SMARTS) is 2. The molecule has 1 aliphatic heterocycles. The van der Waals surface area contributed by atoms with E-state index in [1.165, 1.54) is 4.52 Å². The van der Waals surface area contributed by atoms with Crippen LogP contribution in [-0.4, -0.2) is 63.6 Å². The number of hydrazine groups is 2. The van der Waals surface area contributed by atoms with Crippen molar-refractivity contribution >= 4 is 41.7 Å². The molecule has 15 heteroatoms. The molecule has 0 saturated carbocycles. The zero-order chi connectivity index (χ0) is 14.7. The fourth-order valence-electron chi connectivity index (χ4n) is 1.17. The van der Waals surface area contributed by atoms with Gasteiger partial charge in [0, 0.05) is 17.1 Å². The van der Waals surface area contributed by atoms with Crippen LogP contribution in [0.1, 0.15) is 0 Å². The maximum atomic E-state index is 10.7. The third-order valence-corrected chi connectivity index (χ3v) is 3.12. The second-order valence-electron chi connectivity index (χ2n) is 3.32. The summed E-state index contributed by atoms with van der Waals surface area (Å²) in [6, 6.07) is 0. The SMILES string of the molecule is O=C(O)CN1C([S-])=NNN1Sc1nnnn1CC(=O)O.[Na+]. The zero-order valence-electron chi connectivity index (χ0n) is 10.6. The molecule has 0 saturated heterocycles. The zero-order valence-corrected chi connectivity index (χ0v) is 14.2. The van der Waals surface area contributed by atoms with Crippen LogP contribution < -0.4 is 35.1 Å². The molecule has 2 rings (SSSR count). The van der Waals surface area contributed by atoms with Gasteiger partial charge in [-0.05, 0) is 14.9 Å². The first-order valence-electron chi connectivity index (χ1n) is 4.93. The second kappa shape index (κ2) is 7.71. The minimum absolute atomic E-state index is 0. The van der Waals surface area contributed by atoms with Crippen molar-refractivity contribution in [3.63, 3.8) is 0 Å².